The topological polar surface area (TPSA) is 36.2 Å². The fourth-order valence-corrected chi connectivity index (χ4v) is 1.11. The van der Waals surface area contributed by atoms with Crippen LogP contribution < -0.4 is 0 Å². The third-order valence-corrected chi connectivity index (χ3v) is 1.85. The van der Waals surface area contributed by atoms with Gasteiger partial charge in [0.2, 0.25) is 0 Å². The molecule has 0 aromatic carbocycles. The number of rotatable bonds is 0. The molecule has 1 atom stereocenters. The van der Waals surface area contributed by atoms with Crippen molar-refractivity contribution in [3.05, 3.63) is 0 Å². The minimum Gasteiger partial charge on any atom is -0.309 e. The van der Waals surface area contributed by atoms with Crippen molar-refractivity contribution >= 4 is 11.4 Å². The van der Waals surface area contributed by atoms with Gasteiger partial charge in [0.1, 0.15) is 0 Å². The average Bonchev–Trinajstić information content (AvgIpc) is 2.13. The second-order valence-electron chi connectivity index (χ2n) is 2.60. The van der Waals surface area contributed by atoms with Crippen molar-refractivity contribution in [1.82, 2.24) is 0 Å². The molecular weight excluding hydrogens is 112 g/mol. The minimum atomic E-state index is 0.448. The highest BCUT2D eigenvalue weighted by Gasteiger charge is 2.20. The maximum atomic E-state index is 7.41. The van der Waals surface area contributed by atoms with Crippen LogP contribution in [0, 0.1) is 11.3 Å². The number of nitrogens with zero attached hydrogens (tertiary/aromatic N) is 1. The van der Waals surface area contributed by atoms with Crippen molar-refractivity contribution in [1.29, 1.82) is 5.41 Å². The van der Waals surface area contributed by atoms with Gasteiger partial charge >= 0.3 is 0 Å². The molecule has 1 fully saturated rings. The van der Waals surface area contributed by atoms with Crippen molar-refractivity contribution in [3.63, 3.8) is 0 Å². The van der Waals surface area contributed by atoms with Crippen LogP contribution in [0.1, 0.15) is 19.8 Å². The van der Waals surface area contributed by atoms with Crippen molar-refractivity contribution in [2.45, 2.75) is 19.8 Å². The lowest BCUT2D eigenvalue weighted by Crippen LogP contribution is -1.97. The predicted octanol–water partition coefficient (Wildman–Crippen LogP) is 1.51. The third kappa shape index (κ3) is 1.18. The van der Waals surface area contributed by atoms with Crippen LogP contribution in [0.25, 0.3) is 0 Å². The maximum Gasteiger partial charge on any atom is 0.0276 e. The van der Waals surface area contributed by atoms with Gasteiger partial charge in [-0.1, -0.05) is 6.92 Å². The van der Waals surface area contributed by atoms with E-state index in [-0.39, 0.29) is 0 Å². The number of nitrogens with one attached hydrogen (secondary N) is 1. The van der Waals surface area contributed by atoms with Gasteiger partial charge in [-0.25, -0.2) is 0 Å². The quantitative estimate of drug-likeness (QED) is 0.508. The molecule has 0 aromatic heterocycles. The molecule has 9 heavy (non-hydrogen) atoms. The molecule has 1 N–H and O–H groups in total. The van der Waals surface area contributed by atoms with Gasteiger partial charge < -0.3 is 5.41 Å². The smallest absolute Gasteiger partial charge is 0.0276 e. The molecule has 0 spiro atoms. The molecule has 0 heterocycles. The molecule has 1 aliphatic carbocycles. The summed E-state index contributed by atoms with van der Waals surface area (Å²) in [5.74, 6) is 0.448. The van der Waals surface area contributed by atoms with Crippen LogP contribution in [-0.2, 0) is 0 Å². The van der Waals surface area contributed by atoms with E-state index in [0.717, 1.165) is 18.6 Å². The summed E-state index contributed by atoms with van der Waals surface area (Å²) >= 11 is 0. The highest BCUT2D eigenvalue weighted by atomic mass is 14.7. The molecule has 1 saturated carbocycles. The SMILES string of the molecule is CN=C1CC(=N)C(C)C1. The average molecular weight is 124 g/mol. The molecule has 50 valence electrons. The highest BCUT2D eigenvalue weighted by Crippen LogP contribution is 2.18. The fraction of sp³-hybridized carbons (Fsp3) is 0.714. The molecule has 1 aliphatic rings. The van der Waals surface area contributed by atoms with Crippen LogP contribution in [-0.4, -0.2) is 18.5 Å². The van der Waals surface area contributed by atoms with Gasteiger partial charge in [0, 0.05) is 24.9 Å². The minimum absolute atomic E-state index is 0.448. The van der Waals surface area contributed by atoms with Crippen LogP contribution in [0.15, 0.2) is 4.99 Å². The summed E-state index contributed by atoms with van der Waals surface area (Å²) in [7, 11) is 1.81. The number of hydrogen-bond acceptors (Lipinski definition) is 2. The van der Waals surface area contributed by atoms with E-state index < -0.39 is 0 Å². The van der Waals surface area contributed by atoms with Crippen LogP contribution in [0.2, 0.25) is 0 Å². The zero-order valence-corrected chi connectivity index (χ0v) is 5.94. The molecule has 2 nitrogen and oxygen atoms in total. The summed E-state index contributed by atoms with van der Waals surface area (Å²) in [6.45, 7) is 2.08. The standard InChI is InChI=1S/C7H12N2/c1-5-3-6(9-2)4-7(5)8/h5,8H,3-4H2,1-2H3. The van der Waals surface area contributed by atoms with Crippen molar-refractivity contribution < 1.29 is 0 Å². The Morgan fingerprint density at radius 2 is 2.33 bits per heavy atom. The summed E-state index contributed by atoms with van der Waals surface area (Å²) in [6, 6.07) is 0. The van der Waals surface area contributed by atoms with E-state index in [0.29, 0.717) is 5.92 Å². The maximum absolute atomic E-state index is 7.41. The molecule has 0 radical (unpaired) electrons. The van der Waals surface area contributed by atoms with Crippen molar-refractivity contribution in [2.24, 2.45) is 10.9 Å². The lowest BCUT2D eigenvalue weighted by atomic mass is 10.1. The van der Waals surface area contributed by atoms with Gasteiger partial charge in [-0.15, -0.1) is 0 Å². The Morgan fingerprint density at radius 1 is 1.67 bits per heavy atom. The summed E-state index contributed by atoms with van der Waals surface area (Å²) in [6.07, 6.45) is 1.83. The van der Waals surface area contributed by atoms with Gasteiger partial charge in [-0.05, 0) is 12.3 Å². The first-order valence-electron chi connectivity index (χ1n) is 3.26. The van der Waals surface area contributed by atoms with Gasteiger partial charge in [0.25, 0.3) is 0 Å². The fourth-order valence-electron chi connectivity index (χ4n) is 1.11. The molecule has 0 aromatic rings. The number of hydrogen-bond donors (Lipinski definition) is 1. The predicted molar refractivity (Wildman–Crippen MR) is 39.5 cm³/mol. The van der Waals surface area contributed by atoms with E-state index >= 15 is 0 Å². The molecule has 2 heteroatoms. The molecular formula is C7H12N2. The summed E-state index contributed by atoms with van der Waals surface area (Å²) in [4.78, 5) is 4.06. The molecule has 1 unspecified atom stereocenters. The largest absolute Gasteiger partial charge is 0.309 e. The van der Waals surface area contributed by atoms with Gasteiger partial charge in [0.15, 0.2) is 0 Å². The Bertz CT molecular complexity index is 158. The van der Waals surface area contributed by atoms with Gasteiger partial charge in [-0.3, -0.25) is 4.99 Å². The second-order valence-corrected chi connectivity index (χ2v) is 2.60. The van der Waals surface area contributed by atoms with Crippen molar-refractivity contribution in [2.75, 3.05) is 7.05 Å². The number of aliphatic imine (C=N–C) groups is 1. The van der Waals surface area contributed by atoms with Crippen LogP contribution >= 0.6 is 0 Å². The normalized spacial score (nSPS) is 32.0. The third-order valence-electron chi connectivity index (χ3n) is 1.85. The van der Waals surface area contributed by atoms with Gasteiger partial charge in [0.05, 0.1) is 0 Å². The monoisotopic (exact) mass is 124 g/mol. The zero-order valence-electron chi connectivity index (χ0n) is 5.94. The first-order chi connectivity index (χ1) is 4.24. The van der Waals surface area contributed by atoms with E-state index in [1.54, 1.807) is 7.05 Å². The molecule has 0 saturated heterocycles. The van der Waals surface area contributed by atoms with E-state index in [1.165, 1.54) is 5.71 Å². The van der Waals surface area contributed by atoms with Crippen LogP contribution in [0.3, 0.4) is 0 Å². The molecule has 1 rings (SSSR count). The van der Waals surface area contributed by atoms with Crippen LogP contribution in [0.5, 0.6) is 0 Å². The lowest BCUT2D eigenvalue weighted by Gasteiger charge is -1.94. The van der Waals surface area contributed by atoms with E-state index in [1.807, 2.05) is 0 Å². The summed E-state index contributed by atoms with van der Waals surface area (Å²) in [5.41, 5.74) is 2.03. The molecule has 0 bridgehead atoms. The Morgan fingerprint density at radius 3 is 2.56 bits per heavy atom. The summed E-state index contributed by atoms with van der Waals surface area (Å²) < 4.78 is 0. The zero-order chi connectivity index (χ0) is 6.85. The first-order valence-corrected chi connectivity index (χ1v) is 3.26. The Hall–Kier alpha value is -0.660. The molecule has 0 aliphatic heterocycles. The van der Waals surface area contributed by atoms with Crippen LogP contribution in [0.4, 0.5) is 0 Å². The first kappa shape index (κ1) is 6.46. The summed E-state index contributed by atoms with van der Waals surface area (Å²) in [5, 5.41) is 7.41. The van der Waals surface area contributed by atoms with Gasteiger partial charge in [-0.2, -0.15) is 0 Å². The lowest BCUT2D eigenvalue weighted by molar-refractivity contribution is 0.836. The van der Waals surface area contributed by atoms with E-state index in [9.17, 15) is 0 Å². The second kappa shape index (κ2) is 2.29. The highest BCUT2D eigenvalue weighted by molar-refractivity contribution is 6.10. The Balaban J connectivity index is 2.65. The Kier molecular flexibility index (Phi) is 1.65. The van der Waals surface area contributed by atoms with E-state index in [4.69, 9.17) is 5.41 Å². The molecule has 0 amide bonds. The van der Waals surface area contributed by atoms with E-state index in [2.05, 4.69) is 11.9 Å². The Labute approximate surface area is 55.5 Å². The van der Waals surface area contributed by atoms with Crippen molar-refractivity contribution in [3.8, 4) is 0 Å².